The molecule has 0 unspecified atom stereocenters. The zero-order valence-electron chi connectivity index (χ0n) is 9.88. The Hall–Kier alpha value is -2.07. The van der Waals surface area contributed by atoms with Crippen molar-refractivity contribution >= 4 is 29.0 Å². The van der Waals surface area contributed by atoms with E-state index in [4.69, 9.17) is 0 Å². The van der Waals surface area contributed by atoms with Gasteiger partial charge in [-0.25, -0.2) is 0 Å². The van der Waals surface area contributed by atoms with Crippen LogP contribution in [0.5, 0.6) is 5.75 Å². The number of carbonyl (C=O) groups is 1. The first-order valence-electron chi connectivity index (χ1n) is 5.48. The van der Waals surface area contributed by atoms with Crippen LogP contribution < -0.4 is 5.32 Å². The van der Waals surface area contributed by atoms with Crippen molar-refractivity contribution in [2.75, 3.05) is 5.32 Å². The molecule has 3 nitrogen and oxygen atoms in total. The quantitative estimate of drug-likeness (QED) is 0.830. The highest BCUT2D eigenvalue weighted by Gasteiger charge is 2.04. The Kier molecular flexibility index (Phi) is 3.79. The van der Waals surface area contributed by atoms with Gasteiger partial charge in [0, 0.05) is 22.2 Å². The van der Waals surface area contributed by atoms with Gasteiger partial charge in [-0.2, -0.15) is 0 Å². The number of amides is 1. The van der Waals surface area contributed by atoms with E-state index in [-0.39, 0.29) is 11.7 Å². The summed E-state index contributed by atoms with van der Waals surface area (Å²) in [5, 5.41) is 14.2. The molecule has 0 saturated heterocycles. The van der Waals surface area contributed by atoms with Crippen LogP contribution in [-0.4, -0.2) is 11.0 Å². The van der Waals surface area contributed by atoms with E-state index in [0.29, 0.717) is 11.3 Å². The van der Waals surface area contributed by atoms with E-state index in [2.05, 4.69) is 5.32 Å². The van der Waals surface area contributed by atoms with Crippen LogP contribution in [0.2, 0.25) is 0 Å². The molecule has 0 aliphatic rings. The largest absolute Gasteiger partial charge is 0.508 e. The number of rotatable bonds is 3. The van der Waals surface area contributed by atoms with Crippen molar-refractivity contribution in [3.05, 3.63) is 52.2 Å². The first kappa shape index (κ1) is 12.4. The summed E-state index contributed by atoms with van der Waals surface area (Å²) < 4.78 is 0. The van der Waals surface area contributed by atoms with Gasteiger partial charge in [0.25, 0.3) is 0 Å². The van der Waals surface area contributed by atoms with Crippen LogP contribution in [0.25, 0.3) is 6.08 Å². The molecule has 2 aromatic rings. The Labute approximate surface area is 109 Å². The van der Waals surface area contributed by atoms with Crippen LogP contribution in [0.4, 0.5) is 5.69 Å². The van der Waals surface area contributed by atoms with E-state index in [0.717, 1.165) is 4.88 Å². The Morgan fingerprint density at radius 3 is 2.89 bits per heavy atom. The lowest BCUT2D eigenvalue weighted by Crippen LogP contribution is -2.08. The van der Waals surface area contributed by atoms with Gasteiger partial charge in [-0.05, 0) is 36.6 Å². The third-order valence-electron chi connectivity index (χ3n) is 2.51. The van der Waals surface area contributed by atoms with Crippen molar-refractivity contribution in [2.45, 2.75) is 6.92 Å². The van der Waals surface area contributed by atoms with Crippen LogP contribution in [0, 0.1) is 6.92 Å². The fourth-order valence-electron chi connectivity index (χ4n) is 1.48. The fraction of sp³-hybridized carbons (Fsp3) is 0.0714. The molecule has 0 aliphatic heterocycles. The smallest absolute Gasteiger partial charge is 0.248 e. The Morgan fingerprint density at radius 1 is 1.33 bits per heavy atom. The summed E-state index contributed by atoms with van der Waals surface area (Å²) in [6, 6.07) is 8.91. The molecule has 0 bridgehead atoms. The van der Waals surface area contributed by atoms with Gasteiger partial charge in [0.05, 0.1) is 0 Å². The third-order valence-corrected chi connectivity index (χ3v) is 3.34. The van der Waals surface area contributed by atoms with Gasteiger partial charge in [0.2, 0.25) is 5.91 Å². The number of benzene rings is 1. The number of hydrogen-bond donors (Lipinski definition) is 2. The average Bonchev–Trinajstić information content (AvgIpc) is 2.86. The summed E-state index contributed by atoms with van der Waals surface area (Å²) >= 11 is 1.57. The summed E-state index contributed by atoms with van der Waals surface area (Å²) in [6.45, 7) is 1.76. The fourth-order valence-corrected chi connectivity index (χ4v) is 2.10. The molecule has 1 aromatic carbocycles. The molecule has 1 heterocycles. The lowest BCUT2D eigenvalue weighted by Gasteiger charge is -2.07. The second-order valence-electron chi connectivity index (χ2n) is 3.79. The van der Waals surface area contributed by atoms with E-state index in [1.807, 2.05) is 17.5 Å². The lowest BCUT2D eigenvalue weighted by atomic mass is 10.2. The number of anilines is 1. The number of aromatic hydroxyl groups is 1. The van der Waals surface area contributed by atoms with Crippen molar-refractivity contribution in [1.82, 2.24) is 0 Å². The minimum atomic E-state index is -0.211. The maximum Gasteiger partial charge on any atom is 0.248 e. The van der Waals surface area contributed by atoms with Gasteiger partial charge in [-0.1, -0.05) is 12.1 Å². The predicted octanol–water partition coefficient (Wildman–Crippen LogP) is 3.41. The minimum absolute atomic E-state index is 0.176. The maximum atomic E-state index is 11.7. The van der Waals surface area contributed by atoms with Crippen LogP contribution in [-0.2, 0) is 4.79 Å². The highest BCUT2D eigenvalue weighted by molar-refractivity contribution is 7.10. The van der Waals surface area contributed by atoms with E-state index in [1.54, 1.807) is 42.5 Å². The molecular formula is C14H13NO2S. The maximum absolute atomic E-state index is 11.7. The van der Waals surface area contributed by atoms with Crippen molar-refractivity contribution < 1.29 is 9.90 Å². The summed E-state index contributed by atoms with van der Waals surface area (Å²) in [6.07, 6.45) is 3.24. The van der Waals surface area contributed by atoms with E-state index >= 15 is 0 Å². The molecule has 1 amide bonds. The number of carbonyl (C=O) groups excluding carboxylic acids is 1. The van der Waals surface area contributed by atoms with Crippen molar-refractivity contribution in [3.8, 4) is 5.75 Å². The molecule has 0 atom stereocenters. The van der Waals surface area contributed by atoms with Gasteiger partial charge >= 0.3 is 0 Å². The second kappa shape index (κ2) is 5.51. The van der Waals surface area contributed by atoms with Gasteiger partial charge in [-0.3, -0.25) is 4.79 Å². The predicted molar refractivity (Wildman–Crippen MR) is 74.8 cm³/mol. The Balaban J connectivity index is 2.05. The number of hydrogen-bond acceptors (Lipinski definition) is 3. The molecule has 2 N–H and O–H groups in total. The Morgan fingerprint density at radius 2 is 2.17 bits per heavy atom. The summed E-state index contributed by atoms with van der Waals surface area (Å²) in [5.74, 6) is -0.0351. The van der Waals surface area contributed by atoms with E-state index in [1.165, 1.54) is 6.08 Å². The van der Waals surface area contributed by atoms with Gasteiger partial charge in [-0.15, -0.1) is 11.3 Å². The average molecular weight is 259 g/mol. The van der Waals surface area contributed by atoms with E-state index < -0.39 is 0 Å². The van der Waals surface area contributed by atoms with Gasteiger partial charge < -0.3 is 10.4 Å². The van der Waals surface area contributed by atoms with Gasteiger partial charge in [0.1, 0.15) is 5.75 Å². The summed E-state index contributed by atoms with van der Waals surface area (Å²) in [4.78, 5) is 12.7. The molecular weight excluding hydrogens is 246 g/mol. The second-order valence-corrected chi connectivity index (χ2v) is 4.77. The molecule has 4 heteroatoms. The number of phenols is 1. The zero-order chi connectivity index (χ0) is 13.0. The normalized spacial score (nSPS) is 10.7. The molecule has 0 saturated carbocycles. The Bertz CT molecular complexity index is 573. The number of phenolic OH excluding ortho intramolecular Hbond substituents is 1. The lowest BCUT2D eigenvalue weighted by molar-refractivity contribution is -0.111. The van der Waals surface area contributed by atoms with Crippen molar-refractivity contribution in [2.24, 2.45) is 0 Å². The summed E-state index contributed by atoms with van der Waals surface area (Å²) in [5.41, 5.74) is 1.28. The van der Waals surface area contributed by atoms with Crippen LogP contribution in [0.1, 0.15) is 10.4 Å². The first-order valence-corrected chi connectivity index (χ1v) is 6.36. The molecule has 1 aromatic heterocycles. The molecule has 92 valence electrons. The summed E-state index contributed by atoms with van der Waals surface area (Å²) in [7, 11) is 0. The molecule has 0 radical (unpaired) electrons. The third kappa shape index (κ3) is 2.99. The monoisotopic (exact) mass is 259 g/mol. The highest BCUT2D eigenvalue weighted by atomic mass is 32.1. The topological polar surface area (TPSA) is 49.3 Å². The molecule has 2 rings (SSSR count). The molecule has 0 spiro atoms. The van der Waals surface area contributed by atoms with Gasteiger partial charge in [0.15, 0.2) is 0 Å². The van der Waals surface area contributed by atoms with E-state index in [9.17, 15) is 9.90 Å². The van der Waals surface area contributed by atoms with Crippen LogP contribution in [0.15, 0.2) is 41.8 Å². The van der Waals surface area contributed by atoms with Crippen LogP contribution in [0.3, 0.4) is 0 Å². The number of nitrogens with one attached hydrogen (secondary N) is 1. The van der Waals surface area contributed by atoms with Crippen molar-refractivity contribution in [3.63, 3.8) is 0 Å². The zero-order valence-corrected chi connectivity index (χ0v) is 10.7. The SMILES string of the molecule is Cc1c(O)cccc1NC(=O)C=Cc1cccs1. The van der Waals surface area contributed by atoms with Crippen LogP contribution >= 0.6 is 11.3 Å². The molecule has 0 fully saturated rings. The molecule has 18 heavy (non-hydrogen) atoms. The highest BCUT2D eigenvalue weighted by Crippen LogP contribution is 2.23. The minimum Gasteiger partial charge on any atom is -0.508 e. The first-order chi connectivity index (χ1) is 8.66. The number of thiophene rings is 1. The standard InChI is InChI=1S/C14H13NO2S/c1-10-12(5-2-6-13(10)16)15-14(17)8-7-11-4-3-9-18-11/h2-9,16H,1H3,(H,15,17). The molecule has 0 aliphatic carbocycles. The van der Waals surface area contributed by atoms with Crippen molar-refractivity contribution in [1.29, 1.82) is 0 Å².